The maximum absolute atomic E-state index is 12.5. The summed E-state index contributed by atoms with van der Waals surface area (Å²) >= 11 is 0. The van der Waals surface area contributed by atoms with Crippen molar-refractivity contribution in [3.05, 3.63) is 28.4 Å². The van der Waals surface area contributed by atoms with Gasteiger partial charge in [-0.05, 0) is 44.8 Å². The predicted molar refractivity (Wildman–Crippen MR) is 99.1 cm³/mol. The lowest BCUT2D eigenvalue weighted by Crippen LogP contribution is -2.45. The van der Waals surface area contributed by atoms with Crippen LogP contribution in [0.1, 0.15) is 32.6 Å². The van der Waals surface area contributed by atoms with E-state index in [1.807, 2.05) is 0 Å². The lowest BCUT2D eigenvalue weighted by atomic mass is 9.95. The van der Waals surface area contributed by atoms with Crippen LogP contribution < -0.4 is 10.2 Å². The minimum atomic E-state index is -0.447. The first-order valence-corrected chi connectivity index (χ1v) is 9.45. The molecule has 26 heavy (non-hydrogen) atoms. The highest BCUT2D eigenvalue weighted by Crippen LogP contribution is 2.23. The van der Waals surface area contributed by atoms with Gasteiger partial charge in [0.15, 0.2) is 0 Å². The Morgan fingerprint density at radius 1 is 1.31 bits per heavy atom. The summed E-state index contributed by atoms with van der Waals surface area (Å²) in [6.45, 7) is 6.58. The monoisotopic (exact) mass is 361 g/mol. The van der Waals surface area contributed by atoms with E-state index >= 15 is 0 Å². The second-order valence-corrected chi connectivity index (χ2v) is 7.06. The van der Waals surface area contributed by atoms with Crippen molar-refractivity contribution in [2.24, 2.45) is 5.92 Å². The number of piperidine rings is 1. The van der Waals surface area contributed by atoms with E-state index < -0.39 is 4.92 Å². The van der Waals surface area contributed by atoms with Crippen molar-refractivity contribution in [2.45, 2.75) is 38.6 Å². The highest BCUT2D eigenvalue weighted by atomic mass is 16.6. The zero-order chi connectivity index (χ0) is 18.5. The van der Waals surface area contributed by atoms with E-state index in [4.69, 9.17) is 0 Å². The number of likely N-dealkylation sites (N-methyl/N-ethyl adjacent to an activating group) is 1. The molecule has 1 N–H and O–H groups in total. The van der Waals surface area contributed by atoms with Crippen LogP contribution in [0.15, 0.2) is 18.3 Å². The number of hydrogen-bond acceptors (Lipinski definition) is 6. The smallest absolute Gasteiger partial charge is 0.287 e. The molecule has 0 saturated carbocycles. The fourth-order valence-electron chi connectivity index (χ4n) is 3.95. The van der Waals surface area contributed by atoms with E-state index in [1.165, 1.54) is 25.1 Å². The third-order valence-corrected chi connectivity index (χ3v) is 5.55. The molecule has 2 aliphatic heterocycles. The summed E-state index contributed by atoms with van der Waals surface area (Å²) in [5.74, 6) is 0.934. The molecule has 0 radical (unpaired) electrons. The fraction of sp³-hybridized carbons (Fsp3) is 0.667. The van der Waals surface area contributed by atoms with Crippen molar-refractivity contribution < 1.29 is 9.72 Å². The third kappa shape index (κ3) is 4.30. The first-order valence-electron chi connectivity index (χ1n) is 9.45. The molecular weight excluding hydrogens is 334 g/mol. The Labute approximate surface area is 153 Å². The summed E-state index contributed by atoms with van der Waals surface area (Å²) in [6, 6.07) is 3.63. The SMILES string of the molecule is CCN1CCCC1CNC(=O)C1CCN(c2ccc([N+](=O)[O-])cn2)CC1. The van der Waals surface area contributed by atoms with Gasteiger partial charge in [-0.25, -0.2) is 4.98 Å². The number of nitrogens with zero attached hydrogens (tertiary/aromatic N) is 4. The van der Waals surface area contributed by atoms with Crippen LogP contribution in [0.25, 0.3) is 0 Å². The molecule has 1 unspecified atom stereocenters. The number of carbonyl (C=O) groups excluding carboxylic acids is 1. The minimum Gasteiger partial charge on any atom is -0.357 e. The van der Waals surface area contributed by atoms with Gasteiger partial charge in [-0.3, -0.25) is 19.8 Å². The molecule has 0 bridgehead atoms. The molecule has 3 rings (SSSR count). The Morgan fingerprint density at radius 2 is 2.08 bits per heavy atom. The van der Waals surface area contributed by atoms with Gasteiger partial charge in [0.05, 0.1) is 4.92 Å². The zero-order valence-electron chi connectivity index (χ0n) is 15.3. The number of amides is 1. The van der Waals surface area contributed by atoms with E-state index in [2.05, 4.69) is 27.0 Å². The molecule has 1 amide bonds. The van der Waals surface area contributed by atoms with Crippen molar-refractivity contribution in [3.8, 4) is 0 Å². The fourth-order valence-corrected chi connectivity index (χ4v) is 3.95. The van der Waals surface area contributed by atoms with Crippen molar-refractivity contribution in [1.82, 2.24) is 15.2 Å². The summed E-state index contributed by atoms with van der Waals surface area (Å²) in [4.78, 5) is 31.4. The summed E-state index contributed by atoms with van der Waals surface area (Å²) in [7, 11) is 0. The van der Waals surface area contributed by atoms with E-state index in [0.29, 0.717) is 6.04 Å². The quantitative estimate of drug-likeness (QED) is 0.614. The number of aromatic nitrogens is 1. The topological polar surface area (TPSA) is 91.6 Å². The highest BCUT2D eigenvalue weighted by Gasteiger charge is 2.28. The second kappa shape index (κ2) is 8.44. The van der Waals surface area contributed by atoms with E-state index in [0.717, 1.165) is 51.4 Å². The molecule has 2 saturated heterocycles. The molecule has 1 aromatic heterocycles. The Bertz CT molecular complexity index is 628. The Balaban J connectivity index is 1.45. The average molecular weight is 361 g/mol. The summed E-state index contributed by atoms with van der Waals surface area (Å²) in [6.07, 6.45) is 5.24. The molecule has 3 heterocycles. The van der Waals surface area contributed by atoms with Crippen molar-refractivity contribution >= 4 is 17.4 Å². The zero-order valence-corrected chi connectivity index (χ0v) is 15.3. The molecule has 0 aliphatic carbocycles. The van der Waals surface area contributed by atoms with Gasteiger partial charge < -0.3 is 10.2 Å². The molecule has 142 valence electrons. The Kier molecular flexibility index (Phi) is 6.03. The van der Waals surface area contributed by atoms with E-state index in [-0.39, 0.29) is 17.5 Å². The van der Waals surface area contributed by atoms with Crippen molar-refractivity contribution in [2.75, 3.05) is 37.6 Å². The van der Waals surface area contributed by atoms with Crippen LogP contribution >= 0.6 is 0 Å². The van der Waals surface area contributed by atoms with Gasteiger partial charge in [-0.2, -0.15) is 0 Å². The van der Waals surface area contributed by atoms with Crippen LogP contribution in [0, 0.1) is 16.0 Å². The van der Waals surface area contributed by atoms with Crippen molar-refractivity contribution in [3.63, 3.8) is 0 Å². The number of rotatable bonds is 6. The molecule has 0 aromatic carbocycles. The third-order valence-electron chi connectivity index (χ3n) is 5.55. The minimum absolute atomic E-state index is 0.00366. The average Bonchev–Trinajstić information content (AvgIpc) is 3.14. The standard InChI is InChI=1S/C18H27N5O3/c1-2-21-9-3-4-15(21)12-20-18(24)14-7-10-22(11-8-14)17-6-5-16(13-19-17)23(25)26/h5-6,13-15H,2-4,7-12H2,1H3,(H,20,24). The number of pyridine rings is 1. The summed E-state index contributed by atoms with van der Waals surface area (Å²) < 4.78 is 0. The van der Waals surface area contributed by atoms with Crippen LogP contribution in [-0.2, 0) is 4.79 Å². The van der Waals surface area contributed by atoms with Crippen molar-refractivity contribution in [1.29, 1.82) is 0 Å². The number of likely N-dealkylation sites (tertiary alicyclic amines) is 1. The molecular formula is C18H27N5O3. The lowest BCUT2D eigenvalue weighted by molar-refractivity contribution is -0.385. The molecule has 2 fully saturated rings. The summed E-state index contributed by atoms with van der Waals surface area (Å²) in [5, 5.41) is 13.9. The van der Waals surface area contributed by atoms with Gasteiger partial charge in [0.1, 0.15) is 12.0 Å². The number of anilines is 1. The molecule has 8 nitrogen and oxygen atoms in total. The predicted octanol–water partition coefficient (Wildman–Crippen LogP) is 1.81. The van der Waals surface area contributed by atoms with Crippen LogP contribution in [0.3, 0.4) is 0 Å². The number of carbonyl (C=O) groups is 1. The lowest BCUT2D eigenvalue weighted by Gasteiger charge is -2.32. The van der Waals surface area contributed by atoms with Gasteiger partial charge in [0, 0.05) is 37.7 Å². The Hall–Kier alpha value is -2.22. The number of hydrogen-bond donors (Lipinski definition) is 1. The molecule has 2 aliphatic rings. The Morgan fingerprint density at radius 3 is 2.69 bits per heavy atom. The molecule has 0 spiro atoms. The highest BCUT2D eigenvalue weighted by molar-refractivity contribution is 5.79. The van der Waals surface area contributed by atoms with Gasteiger partial charge in [-0.1, -0.05) is 6.92 Å². The first kappa shape index (κ1) is 18.6. The normalized spacial score (nSPS) is 21.7. The van der Waals surface area contributed by atoms with Crippen LogP contribution in [0.2, 0.25) is 0 Å². The van der Waals surface area contributed by atoms with Gasteiger partial charge >= 0.3 is 0 Å². The van der Waals surface area contributed by atoms with Crippen LogP contribution in [-0.4, -0.2) is 59.5 Å². The summed E-state index contributed by atoms with van der Waals surface area (Å²) in [5.41, 5.74) is -0.00366. The maximum Gasteiger partial charge on any atom is 0.287 e. The van der Waals surface area contributed by atoms with E-state index in [1.54, 1.807) is 6.07 Å². The van der Waals surface area contributed by atoms with Crippen LogP contribution in [0.4, 0.5) is 11.5 Å². The second-order valence-electron chi connectivity index (χ2n) is 7.06. The van der Waals surface area contributed by atoms with Crippen LogP contribution in [0.5, 0.6) is 0 Å². The molecule has 8 heteroatoms. The largest absolute Gasteiger partial charge is 0.357 e. The van der Waals surface area contributed by atoms with E-state index in [9.17, 15) is 14.9 Å². The van der Waals surface area contributed by atoms with Gasteiger partial charge in [0.25, 0.3) is 5.69 Å². The van der Waals surface area contributed by atoms with Gasteiger partial charge in [-0.15, -0.1) is 0 Å². The first-order chi connectivity index (χ1) is 12.6. The maximum atomic E-state index is 12.5. The van der Waals surface area contributed by atoms with Gasteiger partial charge in [0.2, 0.25) is 5.91 Å². The molecule has 1 atom stereocenters. The number of nitro groups is 1. The molecule has 1 aromatic rings. The number of nitrogens with one attached hydrogen (secondary N) is 1.